The molecule has 1 aromatic heterocycles. The second kappa shape index (κ2) is 4.14. The Balaban J connectivity index is 2.17. The first-order valence-electron chi connectivity index (χ1n) is 4.88. The molecule has 0 saturated carbocycles. The molecule has 1 aromatic carbocycles. The highest BCUT2D eigenvalue weighted by Gasteiger charge is 2.04. The van der Waals surface area contributed by atoms with Crippen LogP contribution in [0.1, 0.15) is 11.4 Å². The van der Waals surface area contributed by atoms with Crippen molar-refractivity contribution >= 4 is 5.69 Å². The molecule has 0 aliphatic carbocycles. The summed E-state index contributed by atoms with van der Waals surface area (Å²) in [6.07, 6.45) is 3.62. The van der Waals surface area contributed by atoms with Crippen molar-refractivity contribution in [3.8, 4) is 0 Å². The van der Waals surface area contributed by atoms with Crippen LogP contribution < -0.4 is 0 Å². The number of hydrogen-bond acceptors (Lipinski definition) is 3. The van der Waals surface area contributed by atoms with Crippen molar-refractivity contribution in [3.05, 3.63) is 58.2 Å². The first-order valence-corrected chi connectivity index (χ1v) is 4.88. The maximum atomic E-state index is 10.5. The number of non-ortho nitro benzene ring substituents is 1. The van der Waals surface area contributed by atoms with Gasteiger partial charge in [0.2, 0.25) is 0 Å². The van der Waals surface area contributed by atoms with Crippen LogP contribution in [0.15, 0.2) is 36.7 Å². The minimum absolute atomic E-state index is 0.117. The molecule has 0 aliphatic heterocycles. The molecule has 0 bridgehead atoms. The van der Waals surface area contributed by atoms with Gasteiger partial charge in [-0.3, -0.25) is 10.1 Å². The molecule has 1 heterocycles. The van der Waals surface area contributed by atoms with E-state index in [9.17, 15) is 10.1 Å². The van der Waals surface area contributed by atoms with E-state index in [0.717, 1.165) is 11.4 Å². The van der Waals surface area contributed by atoms with Gasteiger partial charge < -0.3 is 4.57 Å². The molecule has 2 aromatic rings. The first-order chi connectivity index (χ1) is 7.66. The number of nitro benzene ring substituents is 1. The van der Waals surface area contributed by atoms with Crippen LogP contribution in [0, 0.1) is 17.0 Å². The van der Waals surface area contributed by atoms with E-state index in [-0.39, 0.29) is 5.69 Å². The Bertz CT molecular complexity index is 502. The number of rotatable bonds is 3. The molecule has 16 heavy (non-hydrogen) atoms. The van der Waals surface area contributed by atoms with Crippen molar-refractivity contribution in [2.45, 2.75) is 13.5 Å². The van der Waals surface area contributed by atoms with Gasteiger partial charge in [-0.15, -0.1) is 0 Å². The second-order valence-corrected chi connectivity index (χ2v) is 3.53. The number of nitro groups is 1. The van der Waals surface area contributed by atoms with Gasteiger partial charge in [0.15, 0.2) is 0 Å². The van der Waals surface area contributed by atoms with Crippen molar-refractivity contribution in [2.24, 2.45) is 0 Å². The zero-order chi connectivity index (χ0) is 11.5. The highest BCUT2D eigenvalue weighted by atomic mass is 16.6. The lowest BCUT2D eigenvalue weighted by Crippen LogP contribution is -2.00. The maximum Gasteiger partial charge on any atom is 0.269 e. The van der Waals surface area contributed by atoms with Gasteiger partial charge in [-0.25, -0.2) is 4.98 Å². The highest BCUT2D eigenvalue weighted by molar-refractivity contribution is 5.33. The van der Waals surface area contributed by atoms with Gasteiger partial charge in [-0.1, -0.05) is 12.1 Å². The quantitative estimate of drug-likeness (QED) is 0.584. The van der Waals surface area contributed by atoms with Gasteiger partial charge in [0.05, 0.1) is 4.92 Å². The summed E-state index contributed by atoms with van der Waals surface area (Å²) in [6, 6.07) is 6.55. The molecule has 82 valence electrons. The summed E-state index contributed by atoms with van der Waals surface area (Å²) in [5.74, 6) is 0.929. The lowest BCUT2D eigenvalue weighted by Gasteiger charge is -2.04. The summed E-state index contributed by atoms with van der Waals surface area (Å²) in [7, 11) is 0. The van der Waals surface area contributed by atoms with E-state index in [1.54, 1.807) is 18.3 Å². The lowest BCUT2D eigenvalue weighted by molar-refractivity contribution is -0.384. The summed E-state index contributed by atoms with van der Waals surface area (Å²) in [6.45, 7) is 2.61. The monoisotopic (exact) mass is 217 g/mol. The normalized spacial score (nSPS) is 10.3. The molecular weight excluding hydrogens is 206 g/mol. The van der Waals surface area contributed by atoms with E-state index in [2.05, 4.69) is 4.98 Å². The minimum Gasteiger partial charge on any atom is -0.331 e. The molecule has 0 amide bonds. The Labute approximate surface area is 92.5 Å². The van der Waals surface area contributed by atoms with E-state index >= 15 is 0 Å². The highest BCUT2D eigenvalue weighted by Crippen LogP contribution is 2.13. The minimum atomic E-state index is -0.397. The third-order valence-electron chi connectivity index (χ3n) is 2.42. The summed E-state index contributed by atoms with van der Waals surface area (Å²) in [5, 5.41) is 10.5. The van der Waals surface area contributed by atoms with Crippen LogP contribution in [0.25, 0.3) is 0 Å². The molecule has 0 spiro atoms. The number of benzene rings is 1. The molecule has 0 saturated heterocycles. The Morgan fingerprint density at radius 1 is 1.38 bits per heavy atom. The van der Waals surface area contributed by atoms with Gasteiger partial charge in [0.1, 0.15) is 5.82 Å². The Hall–Kier alpha value is -2.17. The van der Waals surface area contributed by atoms with Crippen LogP contribution in [-0.4, -0.2) is 14.5 Å². The SMILES string of the molecule is Cc1nccn1Cc1ccc([N+](=O)[O-])cc1. The maximum absolute atomic E-state index is 10.5. The summed E-state index contributed by atoms with van der Waals surface area (Å²) in [5.41, 5.74) is 1.14. The Kier molecular flexibility index (Phi) is 2.68. The fourth-order valence-electron chi connectivity index (χ4n) is 1.49. The van der Waals surface area contributed by atoms with Gasteiger partial charge >= 0.3 is 0 Å². The third kappa shape index (κ3) is 2.08. The predicted octanol–water partition coefficient (Wildman–Crippen LogP) is 2.15. The van der Waals surface area contributed by atoms with Crippen LogP contribution in [0.3, 0.4) is 0 Å². The lowest BCUT2D eigenvalue weighted by atomic mass is 10.2. The largest absolute Gasteiger partial charge is 0.331 e. The molecule has 5 nitrogen and oxygen atoms in total. The summed E-state index contributed by atoms with van der Waals surface area (Å²) < 4.78 is 1.99. The van der Waals surface area contributed by atoms with Gasteiger partial charge in [-0.05, 0) is 12.5 Å². The zero-order valence-electron chi connectivity index (χ0n) is 8.83. The fourth-order valence-corrected chi connectivity index (χ4v) is 1.49. The van der Waals surface area contributed by atoms with Gasteiger partial charge in [0.25, 0.3) is 5.69 Å². The van der Waals surface area contributed by atoms with E-state index in [1.807, 2.05) is 17.7 Å². The molecular formula is C11H11N3O2. The molecule has 0 atom stereocenters. The van der Waals surface area contributed by atoms with Crippen molar-refractivity contribution in [3.63, 3.8) is 0 Å². The Morgan fingerprint density at radius 2 is 2.06 bits per heavy atom. The van der Waals surface area contributed by atoms with Crippen molar-refractivity contribution in [1.29, 1.82) is 0 Å². The van der Waals surface area contributed by atoms with Crippen LogP contribution in [0.4, 0.5) is 5.69 Å². The Morgan fingerprint density at radius 3 is 2.56 bits per heavy atom. The van der Waals surface area contributed by atoms with Gasteiger partial charge in [-0.2, -0.15) is 0 Å². The van der Waals surface area contributed by atoms with Crippen LogP contribution >= 0.6 is 0 Å². The van der Waals surface area contributed by atoms with Crippen molar-refractivity contribution < 1.29 is 4.92 Å². The second-order valence-electron chi connectivity index (χ2n) is 3.53. The number of aromatic nitrogens is 2. The van der Waals surface area contributed by atoms with E-state index in [1.165, 1.54) is 12.1 Å². The molecule has 0 radical (unpaired) electrons. The smallest absolute Gasteiger partial charge is 0.269 e. The zero-order valence-corrected chi connectivity index (χ0v) is 8.83. The molecule has 0 unspecified atom stereocenters. The summed E-state index contributed by atoms with van der Waals surface area (Å²) in [4.78, 5) is 14.2. The molecule has 0 aliphatic rings. The topological polar surface area (TPSA) is 61.0 Å². The standard InChI is InChI=1S/C11H11N3O2/c1-9-12-6-7-13(9)8-10-2-4-11(5-3-10)14(15)16/h2-7H,8H2,1H3. The number of aryl methyl sites for hydroxylation is 1. The fraction of sp³-hybridized carbons (Fsp3) is 0.182. The molecule has 0 fully saturated rings. The van der Waals surface area contributed by atoms with E-state index in [0.29, 0.717) is 6.54 Å². The first kappa shape index (κ1) is 10.4. The summed E-state index contributed by atoms with van der Waals surface area (Å²) >= 11 is 0. The van der Waals surface area contributed by atoms with Crippen LogP contribution in [0.5, 0.6) is 0 Å². The van der Waals surface area contributed by atoms with Crippen molar-refractivity contribution in [2.75, 3.05) is 0 Å². The number of imidazole rings is 1. The molecule has 0 N–H and O–H groups in total. The van der Waals surface area contributed by atoms with Gasteiger partial charge in [0, 0.05) is 31.1 Å². The molecule has 2 rings (SSSR count). The number of hydrogen-bond donors (Lipinski definition) is 0. The van der Waals surface area contributed by atoms with E-state index < -0.39 is 4.92 Å². The number of nitrogens with zero attached hydrogens (tertiary/aromatic N) is 3. The van der Waals surface area contributed by atoms with E-state index in [4.69, 9.17) is 0 Å². The molecule has 5 heteroatoms. The average molecular weight is 217 g/mol. The average Bonchev–Trinajstić information content (AvgIpc) is 2.65. The van der Waals surface area contributed by atoms with Crippen molar-refractivity contribution in [1.82, 2.24) is 9.55 Å². The van der Waals surface area contributed by atoms with Crippen LogP contribution in [-0.2, 0) is 6.54 Å². The third-order valence-corrected chi connectivity index (χ3v) is 2.42. The van der Waals surface area contributed by atoms with Crippen LogP contribution in [0.2, 0.25) is 0 Å². The predicted molar refractivity (Wildman–Crippen MR) is 59.2 cm³/mol.